The van der Waals surface area contributed by atoms with Crippen molar-refractivity contribution in [2.45, 2.75) is 6.92 Å². The van der Waals surface area contributed by atoms with Crippen LogP contribution in [0.1, 0.15) is 27.6 Å². The molecule has 30 heavy (non-hydrogen) atoms. The average Bonchev–Trinajstić information content (AvgIpc) is 2.75. The van der Waals surface area contributed by atoms with Crippen molar-refractivity contribution in [3.05, 3.63) is 94.0 Å². The second kappa shape index (κ2) is 8.27. The van der Waals surface area contributed by atoms with Gasteiger partial charge in [-0.05, 0) is 55.5 Å². The van der Waals surface area contributed by atoms with Gasteiger partial charge in [0, 0.05) is 22.2 Å². The summed E-state index contributed by atoms with van der Waals surface area (Å²) in [4.78, 5) is 29.2. The van der Waals surface area contributed by atoms with Crippen molar-refractivity contribution in [3.63, 3.8) is 0 Å². The molecule has 0 saturated heterocycles. The highest BCUT2D eigenvalue weighted by atomic mass is 35.5. The fourth-order valence-electron chi connectivity index (χ4n) is 3.15. The second-order valence-electron chi connectivity index (χ2n) is 6.79. The lowest BCUT2D eigenvalue weighted by molar-refractivity contribution is 0.101. The van der Waals surface area contributed by atoms with Crippen molar-refractivity contribution < 1.29 is 9.59 Å². The first-order valence-corrected chi connectivity index (χ1v) is 9.95. The van der Waals surface area contributed by atoms with Gasteiger partial charge in [0.25, 0.3) is 5.91 Å². The zero-order chi connectivity index (χ0) is 21.3. The van der Waals surface area contributed by atoms with Gasteiger partial charge >= 0.3 is 0 Å². The lowest BCUT2D eigenvalue weighted by atomic mass is 10.0. The zero-order valence-corrected chi connectivity index (χ0v) is 17.5. The normalized spacial score (nSPS) is 10.8. The Bertz CT molecular complexity index is 1280. The van der Waals surface area contributed by atoms with Gasteiger partial charge in [-0.1, -0.05) is 47.5 Å². The van der Waals surface area contributed by atoms with Gasteiger partial charge in [-0.2, -0.15) is 0 Å². The number of amides is 1. The minimum Gasteiger partial charge on any atom is -0.322 e. The number of hydrogen-bond acceptors (Lipinski definition) is 3. The van der Waals surface area contributed by atoms with Crippen molar-refractivity contribution in [1.82, 2.24) is 4.98 Å². The number of nitrogens with zero attached hydrogens (tertiary/aromatic N) is 1. The van der Waals surface area contributed by atoms with Crippen molar-refractivity contribution in [2.24, 2.45) is 0 Å². The first kappa shape index (κ1) is 20.1. The summed E-state index contributed by atoms with van der Waals surface area (Å²) in [6, 6.07) is 21.2. The Hall–Kier alpha value is -3.21. The van der Waals surface area contributed by atoms with E-state index in [1.54, 1.807) is 42.5 Å². The third kappa shape index (κ3) is 4.06. The summed E-state index contributed by atoms with van der Waals surface area (Å²) in [5, 5.41) is 4.50. The summed E-state index contributed by atoms with van der Waals surface area (Å²) in [6.07, 6.45) is 0. The average molecular weight is 435 g/mol. The van der Waals surface area contributed by atoms with Crippen LogP contribution in [0.4, 0.5) is 5.69 Å². The van der Waals surface area contributed by atoms with Crippen LogP contribution in [-0.4, -0.2) is 16.7 Å². The van der Waals surface area contributed by atoms with Crippen LogP contribution in [-0.2, 0) is 0 Å². The minimum absolute atomic E-state index is 0.0285. The van der Waals surface area contributed by atoms with Crippen molar-refractivity contribution in [3.8, 4) is 11.3 Å². The predicted octanol–water partition coefficient (Wildman–Crippen LogP) is 6.66. The number of anilines is 1. The smallest absolute Gasteiger partial charge is 0.256 e. The first-order valence-electron chi connectivity index (χ1n) is 9.20. The molecule has 0 bridgehead atoms. The van der Waals surface area contributed by atoms with Crippen molar-refractivity contribution in [2.75, 3.05) is 5.32 Å². The number of rotatable bonds is 4. The number of benzene rings is 3. The number of hydrogen-bond donors (Lipinski definition) is 1. The molecule has 1 aromatic heterocycles. The maximum absolute atomic E-state index is 13.1. The fourth-order valence-corrected chi connectivity index (χ4v) is 3.45. The number of Topliss-reactive ketones (excluding diaryl/α,β-unsaturated/α-hetero) is 1. The Morgan fingerprint density at radius 2 is 1.60 bits per heavy atom. The van der Waals surface area contributed by atoms with E-state index in [9.17, 15) is 9.59 Å². The number of nitrogens with one attached hydrogen (secondary N) is 1. The number of pyridine rings is 1. The largest absolute Gasteiger partial charge is 0.322 e. The third-order valence-corrected chi connectivity index (χ3v) is 5.46. The summed E-state index contributed by atoms with van der Waals surface area (Å²) in [5.41, 5.74) is 3.74. The van der Waals surface area contributed by atoms with E-state index in [0.717, 1.165) is 10.9 Å². The van der Waals surface area contributed by atoms with E-state index in [4.69, 9.17) is 23.2 Å². The molecule has 0 aliphatic heterocycles. The van der Waals surface area contributed by atoms with E-state index in [1.165, 1.54) is 6.92 Å². The van der Waals surface area contributed by atoms with Gasteiger partial charge in [0.2, 0.25) is 0 Å². The van der Waals surface area contributed by atoms with Gasteiger partial charge in [0.15, 0.2) is 5.78 Å². The Balaban J connectivity index is 1.75. The SMILES string of the molecule is CC(=O)c1ccc(NC(=O)c2cc(-c3ccc(Cl)c(Cl)c3)nc3ccccc23)cc1. The topological polar surface area (TPSA) is 59.1 Å². The molecular formula is C24H16Cl2N2O2. The van der Waals surface area contributed by atoms with E-state index in [0.29, 0.717) is 38.1 Å². The molecule has 3 aromatic carbocycles. The number of aromatic nitrogens is 1. The van der Waals surface area contributed by atoms with Crippen LogP contribution in [0.25, 0.3) is 22.2 Å². The van der Waals surface area contributed by atoms with E-state index in [2.05, 4.69) is 10.3 Å². The van der Waals surface area contributed by atoms with Crippen LogP contribution in [0.15, 0.2) is 72.8 Å². The highest BCUT2D eigenvalue weighted by molar-refractivity contribution is 6.42. The van der Waals surface area contributed by atoms with E-state index < -0.39 is 0 Å². The molecule has 1 amide bonds. The predicted molar refractivity (Wildman–Crippen MR) is 122 cm³/mol. The van der Waals surface area contributed by atoms with Gasteiger partial charge in [0.05, 0.1) is 26.8 Å². The van der Waals surface area contributed by atoms with E-state index >= 15 is 0 Å². The number of fused-ring (bicyclic) bond motifs is 1. The van der Waals surface area contributed by atoms with Gasteiger partial charge in [-0.3, -0.25) is 9.59 Å². The van der Waals surface area contributed by atoms with Gasteiger partial charge in [-0.15, -0.1) is 0 Å². The Kier molecular flexibility index (Phi) is 5.53. The summed E-state index contributed by atoms with van der Waals surface area (Å²) >= 11 is 12.2. The molecule has 4 rings (SSSR count). The second-order valence-corrected chi connectivity index (χ2v) is 7.60. The van der Waals surface area contributed by atoms with E-state index in [1.807, 2.05) is 30.3 Å². The Labute approximate surface area is 183 Å². The maximum atomic E-state index is 13.1. The van der Waals surface area contributed by atoms with Gasteiger partial charge in [-0.25, -0.2) is 4.98 Å². The van der Waals surface area contributed by atoms with Crippen LogP contribution in [0.5, 0.6) is 0 Å². The summed E-state index contributed by atoms with van der Waals surface area (Å²) in [6.45, 7) is 1.50. The minimum atomic E-state index is -0.273. The van der Waals surface area contributed by atoms with Crippen molar-refractivity contribution >= 4 is 51.5 Å². The van der Waals surface area contributed by atoms with Crippen LogP contribution >= 0.6 is 23.2 Å². The standard InChI is InChI=1S/C24H16Cl2N2O2/c1-14(29)15-6-9-17(10-7-15)27-24(30)19-13-23(16-8-11-20(25)21(26)12-16)28-22-5-3-2-4-18(19)22/h2-13H,1H3,(H,27,30). The van der Waals surface area contributed by atoms with Crippen LogP contribution in [0, 0.1) is 0 Å². The molecule has 1 heterocycles. The summed E-state index contributed by atoms with van der Waals surface area (Å²) in [7, 11) is 0. The highest BCUT2D eigenvalue weighted by Crippen LogP contribution is 2.30. The van der Waals surface area contributed by atoms with Crippen molar-refractivity contribution in [1.29, 1.82) is 0 Å². The fraction of sp³-hybridized carbons (Fsp3) is 0.0417. The van der Waals surface area contributed by atoms with Gasteiger partial charge in [0.1, 0.15) is 0 Å². The first-order chi connectivity index (χ1) is 14.4. The van der Waals surface area contributed by atoms with Crippen LogP contribution in [0.2, 0.25) is 10.0 Å². The monoisotopic (exact) mass is 434 g/mol. The number of halogens is 2. The number of carbonyl (C=O) groups is 2. The molecule has 0 saturated carbocycles. The molecule has 0 radical (unpaired) electrons. The third-order valence-electron chi connectivity index (χ3n) is 4.73. The molecule has 4 nitrogen and oxygen atoms in total. The molecule has 0 aliphatic rings. The van der Waals surface area contributed by atoms with Crippen LogP contribution in [0.3, 0.4) is 0 Å². The maximum Gasteiger partial charge on any atom is 0.256 e. The molecule has 4 aromatic rings. The summed E-state index contributed by atoms with van der Waals surface area (Å²) < 4.78 is 0. The molecule has 6 heteroatoms. The molecule has 0 fully saturated rings. The van der Waals surface area contributed by atoms with Crippen LogP contribution < -0.4 is 5.32 Å². The molecule has 1 N–H and O–H groups in total. The molecule has 0 spiro atoms. The molecule has 0 aliphatic carbocycles. The Morgan fingerprint density at radius 3 is 2.30 bits per heavy atom. The molecular weight excluding hydrogens is 419 g/mol. The lowest BCUT2D eigenvalue weighted by Gasteiger charge is -2.11. The molecule has 0 atom stereocenters. The van der Waals surface area contributed by atoms with E-state index in [-0.39, 0.29) is 11.7 Å². The van der Waals surface area contributed by atoms with Gasteiger partial charge < -0.3 is 5.32 Å². The number of para-hydroxylation sites is 1. The number of carbonyl (C=O) groups excluding carboxylic acids is 2. The lowest BCUT2D eigenvalue weighted by Crippen LogP contribution is -2.13. The zero-order valence-electron chi connectivity index (χ0n) is 15.9. The Morgan fingerprint density at radius 1 is 0.867 bits per heavy atom. The highest BCUT2D eigenvalue weighted by Gasteiger charge is 2.15. The molecule has 148 valence electrons. The number of ketones is 1. The quantitative estimate of drug-likeness (QED) is 0.365. The molecule has 0 unspecified atom stereocenters. The summed E-state index contributed by atoms with van der Waals surface area (Å²) in [5.74, 6) is -0.301.